The van der Waals surface area contributed by atoms with E-state index in [1.807, 2.05) is 6.07 Å². The van der Waals surface area contributed by atoms with Gasteiger partial charge in [-0.1, -0.05) is 16.5 Å². The molecule has 1 aromatic carbocycles. The number of anilines is 1. The van der Waals surface area contributed by atoms with Crippen molar-refractivity contribution in [3.8, 4) is 5.75 Å². The predicted octanol–water partition coefficient (Wildman–Crippen LogP) is 6.54. The Morgan fingerprint density at radius 1 is 0.976 bits per heavy atom. The van der Waals surface area contributed by atoms with Gasteiger partial charge >= 0.3 is 11.9 Å². The Morgan fingerprint density at radius 3 is 2.33 bits per heavy atom. The Labute approximate surface area is 248 Å². The summed E-state index contributed by atoms with van der Waals surface area (Å²) in [7, 11) is 2.97. The van der Waals surface area contributed by atoms with E-state index in [1.165, 1.54) is 26.4 Å². The Bertz CT molecular complexity index is 1520. The molecule has 0 spiro atoms. The van der Waals surface area contributed by atoms with Crippen molar-refractivity contribution in [2.75, 3.05) is 19.1 Å². The molecule has 0 N–H and O–H groups in total. The summed E-state index contributed by atoms with van der Waals surface area (Å²) in [4.78, 5) is 33.5. The highest BCUT2D eigenvalue weighted by Crippen LogP contribution is 2.54. The summed E-state index contributed by atoms with van der Waals surface area (Å²) < 4.78 is 23.7. The van der Waals surface area contributed by atoms with E-state index in [-0.39, 0.29) is 29.6 Å². The maximum Gasteiger partial charge on any atom is 0.344 e. The van der Waals surface area contributed by atoms with Gasteiger partial charge in [0.05, 0.1) is 24.5 Å². The smallest absolute Gasteiger partial charge is 0.344 e. The molecule has 222 valence electrons. The summed E-state index contributed by atoms with van der Waals surface area (Å²) in [6.45, 7) is 0. The molecular formula is C32H37N3O6S. The molecule has 9 nitrogen and oxygen atoms in total. The largest absolute Gasteiger partial charge is 0.494 e. The highest BCUT2D eigenvalue weighted by molar-refractivity contribution is 7.22. The normalized spacial score (nSPS) is 30.1. The number of piperidine rings is 1. The maximum absolute atomic E-state index is 13.9. The van der Waals surface area contributed by atoms with Gasteiger partial charge in [0.2, 0.25) is 0 Å². The Hall–Kier alpha value is -3.14. The highest BCUT2D eigenvalue weighted by Gasteiger charge is 2.49. The minimum Gasteiger partial charge on any atom is -0.494 e. The van der Waals surface area contributed by atoms with Crippen LogP contribution in [0.1, 0.15) is 115 Å². The zero-order valence-electron chi connectivity index (χ0n) is 24.2. The van der Waals surface area contributed by atoms with E-state index in [1.54, 1.807) is 24.5 Å². The lowest BCUT2D eigenvalue weighted by Gasteiger charge is -2.45. The number of carbonyl (C=O) groups is 2. The van der Waals surface area contributed by atoms with Crippen molar-refractivity contribution in [2.45, 2.75) is 107 Å². The lowest BCUT2D eigenvalue weighted by Crippen LogP contribution is -2.46. The van der Waals surface area contributed by atoms with Crippen LogP contribution < -0.4 is 9.64 Å². The van der Waals surface area contributed by atoms with Crippen molar-refractivity contribution in [3.63, 3.8) is 0 Å². The number of benzene rings is 1. The summed E-state index contributed by atoms with van der Waals surface area (Å²) in [6.07, 6.45) is 12.6. The first kappa shape index (κ1) is 26.5. The molecule has 0 amide bonds. The van der Waals surface area contributed by atoms with Gasteiger partial charge in [-0.05, 0) is 82.3 Å². The number of esters is 2. The number of fused-ring (bicyclic) bond motifs is 6. The zero-order valence-corrected chi connectivity index (χ0v) is 25.0. The van der Waals surface area contributed by atoms with Crippen LogP contribution in [0, 0.1) is 5.92 Å². The second-order valence-electron chi connectivity index (χ2n) is 13.1. The quantitative estimate of drug-likeness (QED) is 0.283. The van der Waals surface area contributed by atoms with E-state index in [2.05, 4.69) is 10.1 Å². The van der Waals surface area contributed by atoms with Gasteiger partial charge in [0.15, 0.2) is 10.9 Å². The zero-order chi connectivity index (χ0) is 28.6. The van der Waals surface area contributed by atoms with Gasteiger partial charge in [-0.15, -0.1) is 0 Å². The predicted molar refractivity (Wildman–Crippen MR) is 157 cm³/mol. The number of nitrogens with zero attached hydrogens (tertiary/aromatic N) is 3. The third-order valence-electron chi connectivity index (χ3n) is 10.7. The second-order valence-corrected chi connectivity index (χ2v) is 14.1. The summed E-state index contributed by atoms with van der Waals surface area (Å²) >= 11 is 1.57. The van der Waals surface area contributed by atoms with Crippen LogP contribution >= 0.6 is 11.3 Å². The number of aromatic nitrogens is 2. The number of carbonyl (C=O) groups excluding carboxylic acids is 2. The molecule has 6 fully saturated rings. The topological polar surface area (TPSA) is 104 Å². The van der Waals surface area contributed by atoms with Gasteiger partial charge in [-0.3, -0.25) is 0 Å². The number of rotatable bonds is 7. The van der Waals surface area contributed by atoms with Crippen molar-refractivity contribution in [3.05, 3.63) is 34.7 Å². The summed E-state index contributed by atoms with van der Waals surface area (Å²) in [5.74, 6) is 1.85. The monoisotopic (exact) mass is 591 g/mol. The molecule has 4 saturated carbocycles. The van der Waals surface area contributed by atoms with Crippen LogP contribution in [-0.4, -0.2) is 54.5 Å². The van der Waals surface area contributed by atoms with Crippen molar-refractivity contribution < 1.29 is 28.3 Å². The number of methoxy groups -OCH3 is 2. The lowest BCUT2D eigenvalue weighted by molar-refractivity contribution is 0.0195. The molecule has 0 radical (unpaired) electrons. The minimum absolute atomic E-state index is 0.0240. The number of hydrogen-bond donors (Lipinski definition) is 0. The van der Waals surface area contributed by atoms with Gasteiger partial charge in [0, 0.05) is 36.3 Å². The van der Waals surface area contributed by atoms with Gasteiger partial charge in [0.1, 0.15) is 28.6 Å². The van der Waals surface area contributed by atoms with E-state index >= 15 is 0 Å². The van der Waals surface area contributed by atoms with Crippen LogP contribution in [-0.2, 0) is 14.9 Å². The van der Waals surface area contributed by atoms with Gasteiger partial charge in [-0.25, -0.2) is 14.6 Å². The molecule has 9 rings (SSSR count). The fourth-order valence-electron chi connectivity index (χ4n) is 8.33. The Kier molecular flexibility index (Phi) is 6.28. The van der Waals surface area contributed by atoms with Crippen LogP contribution in [0.15, 0.2) is 16.7 Å². The maximum atomic E-state index is 13.9. The molecule has 4 aliphatic carbocycles. The fraction of sp³-hybridized carbons (Fsp3) is 0.625. The molecule has 6 aliphatic rings. The van der Waals surface area contributed by atoms with Gasteiger partial charge in [-0.2, -0.15) is 0 Å². The molecule has 4 heterocycles. The molecule has 2 saturated heterocycles. The Morgan fingerprint density at radius 2 is 1.69 bits per heavy atom. The van der Waals surface area contributed by atoms with E-state index in [0.29, 0.717) is 22.8 Å². The molecule has 3 aromatic rings. The minimum atomic E-state index is -0.399. The number of thiazole rings is 1. The number of hydrogen-bond acceptors (Lipinski definition) is 10. The summed E-state index contributed by atoms with van der Waals surface area (Å²) in [6, 6.07) is 3.99. The van der Waals surface area contributed by atoms with Crippen LogP contribution in [0.5, 0.6) is 5.75 Å². The first-order valence-electron chi connectivity index (χ1n) is 15.5. The number of ether oxygens (including phenoxy) is 3. The van der Waals surface area contributed by atoms with Crippen LogP contribution in [0.2, 0.25) is 0 Å². The van der Waals surface area contributed by atoms with Crippen LogP contribution in [0.3, 0.4) is 0 Å². The second kappa shape index (κ2) is 9.96. The van der Waals surface area contributed by atoms with Gasteiger partial charge in [0.25, 0.3) is 0 Å². The fourth-order valence-corrected chi connectivity index (χ4v) is 9.49. The van der Waals surface area contributed by atoms with Crippen molar-refractivity contribution in [1.82, 2.24) is 10.1 Å². The van der Waals surface area contributed by atoms with Crippen molar-refractivity contribution >= 4 is 38.6 Å². The molecule has 42 heavy (non-hydrogen) atoms. The van der Waals surface area contributed by atoms with Crippen molar-refractivity contribution in [2.24, 2.45) is 5.92 Å². The molecule has 2 aliphatic heterocycles. The average Bonchev–Trinajstić information content (AvgIpc) is 3.50. The SMILES string of the molecule is COC(=O)c1cc(OC)c2nc(N3[C@@H]4CC[C@H]3CC(OC(=O)c3c(C56CCC(CC5)CC6)noc3C3CC3)C4)sc2c1. The third-order valence-corrected chi connectivity index (χ3v) is 11.8. The lowest BCUT2D eigenvalue weighted by atomic mass is 9.59. The van der Waals surface area contributed by atoms with Crippen molar-refractivity contribution in [1.29, 1.82) is 0 Å². The van der Waals surface area contributed by atoms with E-state index in [4.69, 9.17) is 23.7 Å². The first-order chi connectivity index (χ1) is 20.5. The van der Waals surface area contributed by atoms with E-state index in [0.717, 1.165) is 90.5 Å². The molecule has 4 bridgehead atoms. The first-order valence-corrected chi connectivity index (χ1v) is 16.3. The van der Waals surface area contributed by atoms with Gasteiger partial charge < -0.3 is 23.6 Å². The average molecular weight is 592 g/mol. The molecular weight excluding hydrogens is 554 g/mol. The van der Waals surface area contributed by atoms with Crippen LogP contribution in [0.4, 0.5) is 5.13 Å². The highest BCUT2D eigenvalue weighted by atomic mass is 32.1. The van der Waals surface area contributed by atoms with E-state index < -0.39 is 5.97 Å². The molecule has 2 aromatic heterocycles. The summed E-state index contributed by atoms with van der Waals surface area (Å²) in [5, 5.41) is 5.53. The van der Waals surface area contributed by atoms with E-state index in [9.17, 15) is 9.59 Å². The standard InChI is InChI=1S/C32H37N3O6S/c1-38-23-13-19(29(36)39-2)14-24-26(23)33-31(42-24)35-20-5-6-21(35)16-22(15-20)40-30(37)25-27(18-3-4-18)41-34-28(25)32-10-7-17(8-11-32)9-12-32/h13-14,17-18,20-22H,3-12,15-16H2,1-2H3/t17?,20-,21+,22?,32?. The summed E-state index contributed by atoms with van der Waals surface area (Å²) in [5.41, 5.74) is 2.73. The third kappa shape index (κ3) is 4.23. The molecule has 3 atom stereocenters. The molecule has 1 unspecified atom stereocenters. The molecule has 10 heteroatoms. The van der Waals surface area contributed by atoms with Crippen LogP contribution in [0.25, 0.3) is 10.2 Å². The Balaban J connectivity index is 1.03.